The van der Waals surface area contributed by atoms with Gasteiger partial charge in [-0.15, -0.1) is 24.8 Å². The molecule has 13 heteroatoms. The van der Waals surface area contributed by atoms with E-state index < -0.39 is 0 Å². The molecule has 248 valence electrons. The number of likely N-dealkylation sites (tertiary alicyclic amines) is 1. The molecular formula is C32H48Cl2N8O3. The summed E-state index contributed by atoms with van der Waals surface area (Å²) >= 11 is 0. The van der Waals surface area contributed by atoms with Gasteiger partial charge in [-0.2, -0.15) is 9.97 Å². The van der Waals surface area contributed by atoms with Crippen LogP contribution in [0.15, 0.2) is 24.5 Å². The molecule has 2 aromatic heterocycles. The van der Waals surface area contributed by atoms with Crippen LogP contribution in [0.1, 0.15) is 82.2 Å². The molecule has 0 bridgehead atoms. The predicted octanol–water partition coefficient (Wildman–Crippen LogP) is 5.52. The van der Waals surface area contributed by atoms with Crippen molar-refractivity contribution in [3.05, 3.63) is 30.1 Å². The molecule has 6 rings (SSSR count). The number of carbonyl (C=O) groups excluding carboxylic acids is 1. The lowest BCUT2D eigenvalue weighted by molar-refractivity contribution is -0.132. The summed E-state index contributed by atoms with van der Waals surface area (Å²) in [4.78, 5) is 29.9. The summed E-state index contributed by atoms with van der Waals surface area (Å²) < 4.78 is 13.1. The highest BCUT2D eigenvalue weighted by Gasteiger charge is 2.27. The Labute approximate surface area is 278 Å². The average Bonchev–Trinajstić information content (AvgIpc) is 3.72. The van der Waals surface area contributed by atoms with E-state index in [1.807, 2.05) is 29.4 Å². The smallest absolute Gasteiger partial charge is 0.227 e. The maximum absolute atomic E-state index is 13.1. The van der Waals surface area contributed by atoms with E-state index >= 15 is 0 Å². The highest BCUT2D eigenvalue weighted by molar-refractivity contribution is 5.86. The normalized spacial score (nSPS) is 20.7. The molecule has 0 unspecified atom stereocenters. The molecule has 1 amide bonds. The van der Waals surface area contributed by atoms with Crippen molar-refractivity contribution in [2.45, 2.75) is 101 Å². The lowest BCUT2D eigenvalue weighted by Gasteiger charge is -2.33. The van der Waals surface area contributed by atoms with Crippen LogP contribution < -0.4 is 25.8 Å². The van der Waals surface area contributed by atoms with Crippen molar-refractivity contribution in [3.8, 4) is 11.5 Å². The Kier molecular flexibility index (Phi) is 12.4. The molecule has 0 spiro atoms. The number of aromatic nitrogens is 4. The number of nitrogens with one attached hydrogen (secondary N) is 2. The zero-order valence-corrected chi connectivity index (χ0v) is 28.0. The molecule has 3 aliphatic rings. The number of imidazole rings is 1. The Morgan fingerprint density at radius 2 is 1.64 bits per heavy atom. The third-order valence-corrected chi connectivity index (χ3v) is 9.53. The van der Waals surface area contributed by atoms with Crippen molar-refractivity contribution in [2.24, 2.45) is 5.73 Å². The van der Waals surface area contributed by atoms with Crippen molar-refractivity contribution in [1.82, 2.24) is 24.4 Å². The Hall–Kier alpha value is -3.02. The van der Waals surface area contributed by atoms with Crippen LogP contribution >= 0.6 is 24.8 Å². The van der Waals surface area contributed by atoms with Crippen LogP contribution in [-0.2, 0) is 11.2 Å². The summed E-state index contributed by atoms with van der Waals surface area (Å²) in [6.45, 7) is 1.42. The Balaban J connectivity index is 0.00000230. The van der Waals surface area contributed by atoms with E-state index in [1.165, 1.54) is 25.7 Å². The number of amides is 1. The summed E-state index contributed by atoms with van der Waals surface area (Å²) in [6.07, 6.45) is 13.6. The molecular weight excluding hydrogens is 615 g/mol. The monoisotopic (exact) mass is 662 g/mol. The first-order valence-electron chi connectivity index (χ1n) is 16.0. The number of nitrogens with two attached hydrogens (primary N) is 1. The van der Waals surface area contributed by atoms with Crippen LogP contribution in [0, 0.1) is 0 Å². The molecule has 3 aromatic rings. The van der Waals surface area contributed by atoms with Gasteiger partial charge in [0.2, 0.25) is 11.9 Å². The number of anilines is 2. The van der Waals surface area contributed by atoms with Gasteiger partial charge in [0, 0.05) is 43.7 Å². The second kappa shape index (κ2) is 16.0. The Bertz CT molecular complexity index is 1400. The van der Waals surface area contributed by atoms with E-state index in [0.717, 1.165) is 72.6 Å². The fourth-order valence-electron chi connectivity index (χ4n) is 6.92. The van der Waals surface area contributed by atoms with Crippen LogP contribution in [0.4, 0.5) is 11.8 Å². The summed E-state index contributed by atoms with van der Waals surface area (Å²) in [5.74, 6) is 3.16. The molecule has 45 heavy (non-hydrogen) atoms. The molecule has 1 aromatic carbocycles. The van der Waals surface area contributed by atoms with Crippen molar-refractivity contribution in [2.75, 3.05) is 37.9 Å². The molecule has 2 aliphatic carbocycles. The first-order chi connectivity index (χ1) is 21.0. The van der Waals surface area contributed by atoms with Gasteiger partial charge >= 0.3 is 0 Å². The first kappa shape index (κ1) is 34.8. The number of aryl methyl sites for hydroxylation is 1. The topological polar surface area (TPSA) is 132 Å². The van der Waals surface area contributed by atoms with Crippen LogP contribution in [-0.4, -0.2) is 75.8 Å². The number of fused-ring (bicyclic) bond motifs is 1. The maximum atomic E-state index is 13.1. The van der Waals surface area contributed by atoms with E-state index in [-0.39, 0.29) is 36.8 Å². The fourth-order valence-corrected chi connectivity index (χ4v) is 6.92. The maximum Gasteiger partial charge on any atom is 0.227 e. The molecule has 4 N–H and O–H groups in total. The molecule has 0 radical (unpaired) electrons. The number of rotatable bonds is 10. The summed E-state index contributed by atoms with van der Waals surface area (Å²) in [6, 6.07) is 6.99. The minimum atomic E-state index is 0. The van der Waals surface area contributed by atoms with Gasteiger partial charge in [-0.25, -0.2) is 4.98 Å². The molecule has 0 atom stereocenters. The van der Waals surface area contributed by atoms with E-state index in [0.29, 0.717) is 50.0 Å². The van der Waals surface area contributed by atoms with Crippen LogP contribution in [0.25, 0.3) is 11.2 Å². The van der Waals surface area contributed by atoms with E-state index in [2.05, 4.69) is 15.2 Å². The molecule has 1 saturated heterocycles. The van der Waals surface area contributed by atoms with Crippen molar-refractivity contribution < 1.29 is 14.3 Å². The van der Waals surface area contributed by atoms with Crippen LogP contribution in [0.2, 0.25) is 0 Å². The summed E-state index contributed by atoms with van der Waals surface area (Å²) in [5, 5.41) is 7.32. The van der Waals surface area contributed by atoms with Crippen LogP contribution in [0.5, 0.6) is 11.5 Å². The van der Waals surface area contributed by atoms with Gasteiger partial charge in [0.1, 0.15) is 11.5 Å². The van der Waals surface area contributed by atoms with E-state index in [9.17, 15) is 4.79 Å². The Morgan fingerprint density at radius 3 is 2.33 bits per heavy atom. The lowest BCUT2D eigenvalue weighted by Crippen LogP contribution is -2.42. The quantitative estimate of drug-likeness (QED) is 0.257. The lowest BCUT2D eigenvalue weighted by atomic mass is 9.92. The number of carbonyl (C=O) groups is 1. The predicted molar refractivity (Wildman–Crippen MR) is 182 cm³/mol. The summed E-state index contributed by atoms with van der Waals surface area (Å²) in [7, 11) is 3.30. The van der Waals surface area contributed by atoms with Gasteiger partial charge in [0.15, 0.2) is 17.0 Å². The number of benzene rings is 1. The largest absolute Gasteiger partial charge is 0.497 e. The number of piperidine rings is 1. The van der Waals surface area contributed by atoms with Gasteiger partial charge in [0.25, 0.3) is 0 Å². The van der Waals surface area contributed by atoms with Crippen molar-refractivity contribution >= 4 is 53.7 Å². The SMILES string of the molecule is COc1ccc(OC)c(CCC(=O)N2CCC(Nc3nc(N[C@H]4CC[C@H](N)CC4)nc4c3ncn4C3CCCC3)CC2)c1.Cl.Cl. The van der Waals surface area contributed by atoms with Gasteiger partial charge in [-0.3, -0.25) is 4.79 Å². The van der Waals surface area contributed by atoms with Gasteiger partial charge < -0.3 is 35.3 Å². The molecule has 11 nitrogen and oxygen atoms in total. The molecule has 3 fully saturated rings. The first-order valence-corrected chi connectivity index (χ1v) is 16.0. The summed E-state index contributed by atoms with van der Waals surface area (Å²) in [5.41, 5.74) is 8.86. The third kappa shape index (κ3) is 8.23. The van der Waals surface area contributed by atoms with Crippen LogP contribution in [0.3, 0.4) is 0 Å². The highest BCUT2D eigenvalue weighted by Crippen LogP contribution is 2.34. The highest BCUT2D eigenvalue weighted by atomic mass is 35.5. The number of hydrogen-bond acceptors (Lipinski definition) is 9. The molecule has 3 heterocycles. The second-order valence-electron chi connectivity index (χ2n) is 12.4. The minimum absolute atomic E-state index is 0. The average molecular weight is 664 g/mol. The Morgan fingerprint density at radius 1 is 0.933 bits per heavy atom. The van der Waals surface area contributed by atoms with Crippen molar-refractivity contribution in [3.63, 3.8) is 0 Å². The third-order valence-electron chi connectivity index (χ3n) is 9.53. The number of halogens is 2. The zero-order chi connectivity index (χ0) is 29.8. The standard InChI is InChI=1S/C32H46N8O3.2ClH/c1-42-26-12-13-27(43-2)21(19-26)7-14-28(41)39-17-15-24(16-18-39)35-30-29-31(40(20-34-29)25-5-3-4-6-25)38-32(37-30)36-23-10-8-22(33)9-11-23;;/h12-13,19-20,22-25H,3-11,14-18,33H2,1-2H3,(H2,35,36,37,38);2*1H/t22-,23-;;. The number of ether oxygens (including phenoxy) is 2. The molecule has 2 saturated carbocycles. The number of nitrogens with zero attached hydrogens (tertiary/aromatic N) is 5. The van der Waals surface area contributed by atoms with E-state index in [1.54, 1.807) is 14.2 Å². The second-order valence-corrected chi connectivity index (χ2v) is 12.4. The number of methoxy groups -OCH3 is 2. The van der Waals surface area contributed by atoms with Crippen molar-refractivity contribution in [1.29, 1.82) is 0 Å². The van der Waals surface area contributed by atoms with E-state index in [4.69, 9.17) is 30.2 Å². The zero-order valence-electron chi connectivity index (χ0n) is 26.4. The van der Waals surface area contributed by atoms with Gasteiger partial charge in [-0.05, 0) is 81.5 Å². The molecule has 1 aliphatic heterocycles. The van der Waals surface area contributed by atoms with Gasteiger partial charge in [0.05, 0.1) is 20.5 Å². The fraction of sp³-hybridized carbons (Fsp3) is 0.625. The number of hydrogen-bond donors (Lipinski definition) is 3. The van der Waals surface area contributed by atoms with Gasteiger partial charge in [-0.1, -0.05) is 12.8 Å². The minimum Gasteiger partial charge on any atom is -0.497 e.